The van der Waals surface area contributed by atoms with Gasteiger partial charge in [-0.3, -0.25) is 4.99 Å². The molecule has 0 atom stereocenters. The standard InChI is InChI=1S/C16H26N4O3S.HI/c1-3-24(21,22)20-10-9-19-16(17-2)18-8-6-13-4-5-15-14(12-13)7-11-23-15;/h4-5,12,20H,3,6-11H2,1-2H3,(H2,17,18,19);1H. The molecular formula is C16H27IN4O3S. The molecule has 7 nitrogen and oxygen atoms in total. The van der Waals surface area contributed by atoms with Gasteiger partial charge in [0.1, 0.15) is 5.75 Å². The van der Waals surface area contributed by atoms with Crippen molar-refractivity contribution < 1.29 is 13.2 Å². The zero-order valence-electron chi connectivity index (χ0n) is 14.7. The molecule has 1 aliphatic heterocycles. The summed E-state index contributed by atoms with van der Waals surface area (Å²) in [5.41, 5.74) is 2.54. The second-order valence-corrected chi connectivity index (χ2v) is 7.61. The number of ether oxygens (including phenoxy) is 1. The number of hydrogen-bond donors (Lipinski definition) is 3. The van der Waals surface area contributed by atoms with Gasteiger partial charge in [0, 0.05) is 33.1 Å². The van der Waals surface area contributed by atoms with Crippen LogP contribution in [0.3, 0.4) is 0 Å². The molecule has 25 heavy (non-hydrogen) atoms. The molecule has 0 saturated carbocycles. The molecule has 2 rings (SSSR count). The number of rotatable bonds is 8. The zero-order chi connectivity index (χ0) is 17.4. The Bertz CT molecular complexity index is 680. The van der Waals surface area contributed by atoms with E-state index in [-0.39, 0.29) is 29.7 Å². The second kappa shape index (κ2) is 10.8. The van der Waals surface area contributed by atoms with Gasteiger partial charge in [0.2, 0.25) is 10.0 Å². The van der Waals surface area contributed by atoms with Crippen LogP contribution >= 0.6 is 24.0 Å². The Kier molecular flexibility index (Phi) is 9.51. The summed E-state index contributed by atoms with van der Waals surface area (Å²) in [6.07, 6.45) is 1.87. The molecule has 0 fully saturated rings. The molecule has 0 spiro atoms. The molecule has 0 unspecified atom stereocenters. The van der Waals surface area contributed by atoms with Gasteiger partial charge in [-0.1, -0.05) is 12.1 Å². The largest absolute Gasteiger partial charge is 0.493 e. The number of aliphatic imine (C=N–C) groups is 1. The quantitative estimate of drug-likeness (QED) is 0.222. The van der Waals surface area contributed by atoms with Crippen LogP contribution in [0.15, 0.2) is 23.2 Å². The van der Waals surface area contributed by atoms with Crippen LogP contribution in [-0.4, -0.2) is 53.4 Å². The Morgan fingerprint density at radius 1 is 1.24 bits per heavy atom. The minimum Gasteiger partial charge on any atom is -0.493 e. The van der Waals surface area contributed by atoms with Crippen LogP contribution in [0.4, 0.5) is 0 Å². The fourth-order valence-electron chi connectivity index (χ4n) is 2.43. The SMILES string of the molecule is CCS(=O)(=O)NCCNC(=NC)NCCc1ccc2c(c1)CCO2.I. The van der Waals surface area contributed by atoms with Gasteiger partial charge in [0.25, 0.3) is 0 Å². The van der Waals surface area contributed by atoms with E-state index < -0.39 is 10.0 Å². The maximum Gasteiger partial charge on any atom is 0.211 e. The molecule has 3 N–H and O–H groups in total. The number of benzene rings is 1. The van der Waals surface area contributed by atoms with E-state index in [4.69, 9.17) is 4.74 Å². The van der Waals surface area contributed by atoms with Crippen molar-refractivity contribution in [3.63, 3.8) is 0 Å². The third-order valence-corrected chi connectivity index (χ3v) is 5.21. The van der Waals surface area contributed by atoms with Gasteiger partial charge >= 0.3 is 0 Å². The lowest BCUT2D eigenvalue weighted by Gasteiger charge is -2.12. The Morgan fingerprint density at radius 2 is 2.00 bits per heavy atom. The summed E-state index contributed by atoms with van der Waals surface area (Å²) in [6, 6.07) is 6.31. The molecular weight excluding hydrogens is 455 g/mol. The van der Waals surface area contributed by atoms with Crippen LogP contribution in [0.2, 0.25) is 0 Å². The first-order chi connectivity index (χ1) is 11.5. The Balaban J connectivity index is 0.00000312. The van der Waals surface area contributed by atoms with Gasteiger partial charge in [0.05, 0.1) is 12.4 Å². The molecule has 0 bridgehead atoms. The van der Waals surface area contributed by atoms with Crippen LogP contribution in [0.1, 0.15) is 18.1 Å². The topological polar surface area (TPSA) is 91.8 Å². The number of nitrogens with one attached hydrogen (secondary N) is 3. The average Bonchev–Trinajstić information content (AvgIpc) is 3.04. The van der Waals surface area contributed by atoms with E-state index in [1.165, 1.54) is 11.1 Å². The van der Waals surface area contributed by atoms with Crippen molar-refractivity contribution >= 4 is 40.0 Å². The zero-order valence-corrected chi connectivity index (χ0v) is 17.8. The predicted molar refractivity (Wildman–Crippen MR) is 112 cm³/mol. The molecule has 0 saturated heterocycles. The van der Waals surface area contributed by atoms with Crippen LogP contribution < -0.4 is 20.1 Å². The van der Waals surface area contributed by atoms with Gasteiger partial charge in [-0.15, -0.1) is 24.0 Å². The van der Waals surface area contributed by atoms with Crippen molar-refractivity contribution in [3.05, 3.63) is 29.3 Å². The van der Waals surface area contributed by atoms with E-state index in [2.05, 4.69) is 32.5 Å². The third kappa shape index (κ3) is 7.37. The Labute approximate surface area is 167 Å². The van der Waals surface area contributed by atoms with E-state index in [0.29, 0.717) is 19.0 Å². The maximum absolute atomic E-state index is 11.3. The van der Waals surface area contributed by atoms with Crippen LogP contribution in [0.25, 0.3) is 0 Å². The predicted octanol–water partition coefficient (Wildman–Crippen LogP) is 0.886. The fourth-order valence-corrected chi connectivity index (χ4v) is 3.05. The lowest BCUT2D eigenvalue weighted by atomic mass is 10.1. The van der Waals surface area contributed by atoms with Gasteiger partial charge in [-0.2, -0.15) is 0 Å². The number of guanidine groups is 1. The number of halogens is 1. The molecule has 1 aliphatic rings. The van der Waals surface area contributed by atoms with Crippen LogP contribution in [0.5, 0.6) is 5.75 Å². The lowest BCUT2D eigenvalue weighted by molar-refractivity contribution is 0.357. The number of sulfonamides is 1. The number of fused-ring (bicyclic) bond motifs is 1. The van der Waals surface area contributed by atoms with Crippen molar-refractivity contribution in [2.75, 3.05) is 39.0 Å². The molecule has 9 heteroatoms. The van der Waals surface area contributed by atoms with E-state index in [0.717, 1.165) is 31.7 Å². The summed E-state index contributed by atoms with van der Waals surface area (Å²) in [6.45, 7) is 3.95. The van der Waals surface area contributed by atoms with Crippen molar-refractivity contribution in [3.8, 4) is 5.75 Å². The molecule has 0 aromatic heterocycles. The van der Waals surface area contributed by atoms with Crippen molar-refractivity contribution in [1.29, 1.82) is 0 Å². The molecule has 1 aromatic rings. The van der Waals surface area contributed by atoms with E-state index in [1.807, 2.05) is 6.07 Å². The molecule has 0 radical (unpaired) electrons. The summed E-state index contributed by atoms with van der Waals surface area (Å²) in [5, 5.41) is 6.31. The Hall–Kier alpha value is -1.07. The minimum atomic E-state index is -3.14. The summed E-state index contributed by atoms with van der Waals surface area (Å²) in [4.78, 5) is 4.13. The third-order valence-electron chi connectivity index (χ3n) is 3.80. The highest BCUT2D eigenvalue weighted by Gasteiger charge is 2.11. The normalized spacial score (nSPS) is 13.6. The summed E-state index contributed by atoms with van der Waals surface area (Å²) in [7, 11) is -1.45. The molecule has 1 aromatic carbocycles. The summed E-state index contributed by atoms with van der Waals surface area (Å²) < 4.78 is 30.7. The molecule has 1 heterocycles. The average molecular weight is 482 g/mol. The lowest BCUT2D eigenvalue weighted by Crippen LogP contribution is -2.42. The number of nitrogens with zero attached hydrogens (tertiary/aromatic N) is 1. The van der Waals surface area contributed by atoms with Crippen LogP contribution in [-0.2, 0) is 22.9 Å². The first-order valence-corrected chi connectivity index (χ1v) is 9.85. The van der Waals surface area contributed by atoms with E-state index >= 15 is 0 Å². The maximum atomic E-state index is 11.3. The highest BCUT2D eigenvalue weighted by Crippen LogP contribution is 2.25. The highest BCUT2D eigenvalue weighted by atomic mass is 127. The fraction of sp³-hybridized carbons (Fsp3) is 0.562. The van der Waals surface area contributed by atoms with Gasteiger partial charge in [0.15, 0.2) is 5.96 Å². The molecule has 0 amide bonds. The summed E-state index contributed by atoms with van der Waals surface area (Å²) >= 11 is 0. The van der Waals surface area contributed by atoms with Crippen molar-refractivity contribution in [2.24, 2.45) is 4.99 Å². The van der Waals surface area contributed by atoms with Gasteiger partial charge in [-0.05, 0) is 30.5 Å². The highest BCUT2D eigenvalue weighted by molar-refractivity contribution is 14.0. The van der Waals surface area contributed by atoms with Crippen LogP contribution in [0, 0.1) is 0 Å². The smallest absolute Gasteiger partial charge is 0.211 e. The second-order valence-electron chi connectivity index (χ2n) is 5.51. The van der Waals surface area contributed by atoms with Gasteiger partial charge < -0.3 is 15.4 Å². The van der Waals surface area contributed by atoms with E-state index in [1.54, 1.807) is 14.0 Å². The summed E-state index contributed by atoms with van der Waals surface area (Å²) in [5.74, 6) is 1.75. The van der Waals surface area contributed by atoms with Crippen molar-refractivity contribution in [2.45, 2.75) is 19.8 Å². The van der Waals surface area contributed by atoms with Crippen molar-refractivity contribution in [1.82, 2.24) is 15.4 Å². The first kappa shape index (κ1) is 22.0. The number of hydrogen-bond acceptors (Lipinski definition) is 4. The molecule has 0 aliphatic carbocycles. The molecule has 142 valence electrons. The minimum absolute atomic E-state index is 0. The van der Waals surface area contributed by atoms with E-state index in [9.17, 15) is 8.42 Å². The monoisotopic (exact) mass is 482 g/mol. The van der Waals surface area contributed by atoms with Gasteiger partial charge in [-0.25, -0.2) is 13.1 Å². The Morgan fingerprint density at radius 3 is 2.72 bits per heavy atom. The first-order valence-electron chi connectivity index (χ1n) is 8.20.